The maximum atomic E-state index is 9.73. The van der Waals surface area contributed by atoms with E-state index in [0.29, 0.717) is 22.7 Å². The van der Waals surface area contributed by atoms with E-state index < -0.39 is 0 Å². The predicted octanol–water partition coefficient (Wildman–Crippen LogP) is 5.74. The predicted molar refractivity (Wildman–Crippen MR) is 116 cm³/mol. The topological polar surface area (TPSA) is 67.6 Å². The molecule has 0 atom stereocenters. The fraction of sp³-hybridized carbons (Fsp3) is 0. The molecule has 2 aromatic carbocycles. The van der Waals surface area contributed by atoms with Gasteiger partial charge >= 0.3 is 0 Å². The Morgan fingerprint density at radius 1 is 0.967 bits per heavy atom. The van der Waals surface area contributed by atoms with Crippen molar-refractivity contribution in [1.82, 2.24) is 14.8 Å². The molecule has 5 heteroatoms. The van der Waals surface area contributed by atoms with Gasteiger partial charge in [0.2, 0.25) is 0 Å². The largest absolute Gasteiger partial charge is 0.454 e. The van der Waals surface area contributed by atoms with E-state index in [0.717, 1.165) is 22.2 Å². The third-order valence-corrected chi connectivity index (χ3v) is 4.78. The van der Waals surface area contributed by atoms with Crippen molar-refractivity contribution in [1.29, 1.82) is 5.26 Å². The van der Waals surface area contributed by atoms with E-state index in [-0.39, 0.29) is 0 Å². The molecule has 0 saturated heterocycles. The first kappa shape index (κ1) is 17.7. The summed E-state index contributed by atoms with van der Waals surface area (Å²) >= 11 is 0. The number of para-hydroxylation sites is 2. The lowest BCUT2D eigenvalue weighted by molar-refractivity contribution is 0.627. The van der Waals surface area contributed by atoms with Gasteiger partial charge in [-0.05, 0) is 42.5 Å². The summed E-state index contributed by atoms with van der Waals surface area (Å²) in [7, 11) is 0. The third-order valence-electron chi connectivity index (χ3n) is 4.78. The summed E-state index contributed by atoms with van der Waals surface area (Å²) in [5.41, 5.74) is 4.23. The number of nitrogens with zero attached hydrogens (tertiary/aromatic N) is 4. The molecule has 30 heavy (non-hydrogen) atoms. The summed E-state index contributed by atoms with van der Waals surface area (Å²) in [4.78, 5) is 4.31. The van der Waals surface area contributed by atoms with E-state index in [2.05, 4.69) is 11.1 Å². The van der Waals surface area contributed by atoms with Crippen molar-refractivity contribution in [3.05, 3.63) is 103 Å². The van der Waals surface area contributed by atoms with Crippen molar-refractivity contribution in [2.24, 2.45) is 0 Å². The van der Waals surface area contributed by atoms with E-state index in [9.17, 15) is 5.26 Å². The number of aromatic nitrogens is 3. The summed E-state index contributed by atoms with van der Waals surface area (Å²) in [6.45, 7) is 0. The molecular formula is C25H16N4O. The minimum atomic E-state index is 0.459. The zero-order valence-corrected chi connectivity index (χ0v) is 15.9. The molecule has 0 fully saturated rings. The van der Waals surface area contributed by atoms with E-state index in [4.69, 9.17) is 9.52 Å². The Balaban J connectivity index is 1.70. The molecule has 0 bridgehead atoms. The number of furan rings is 1. The molecule has 0 spiro atoms. The average molecular weight is 388 g/mol. The van der Waals surface area contributed by atoms with Gasteiger partial charge in [0.05, 0.1) is 17.0 Å². The van der Waals surface area contributed by atoms with Crippen molar-refractivity contribution < 1.29 is 4.42 Å². The van der Waals surface area contributed by atoms with Crippen LogP contribution in [-0.4, -0.2) is 14.8 Å². The van der Waals surface area contributed by atoms with Gasteiger partial charge in [0.25, 0.3) is 0 Å². The summed E-state index contributed by atoms with van der Waals surface area (Å²) < 4.78 is 7.85. The SMILES string of the molecule is N#C/C(=C\c1cn(-c2ccccc2)nc1-c1cc2ccccc2o1)c1ccccn1. The van der Waals surface area contributed by atoms with Gasteiger partial charge in [-0.2, -0.15) is 10.4 Å². The number of pyridine rings is 1. The van der Waals surface area contributed by atoms with Crippen LogP contribution in [0.5, 0.6) is 0 Å². The monoisotopic (exact) mass is 388 g/mol. The van der Waals surface area contributed by atoms with Crippen molar-refractivity contribution in [3.63, 3.8) is 0 Å². The van der Waals surface area contributed by atoms with Gasteiger partial charge in [0.15, 0.2) is 5.76 Å². The molecule has 0 aliphatic heterocycles. The fourth-order valence-corrected chi connectivity index (χ4v) is 3.34. The maximum absolute atomic E-state index is 9.73. The summed E-state index contributed by atoms with van der Waals surface area (Å²) in [6, 6.07) is 27.4. The fourth-order valence-electron chi connectivity index (χ4n) is 3.34. The molecular weight excluding hydrogens is 372 g/mol. The van der Waals surface area contributed by atoms with Crippen molar-refractivity contribution in [3.8, 4) is 23.2 Å². The van der Waals surface area contributed by atoms with Crippen LogP contribution in [0.25, 0.3) is 39.8 Å². The van der Waals surface area contributed by atoms with Crippen molar-refractivity contribution in [2.75, 3.05) is 0 Å². The molecule has 0 unspecified atom stereocenters. The molecule has 3 heterocycles. The van der Waals surface area contributed by atoms with Gasteiger partial charge in [-0.1, -0.05) is 42.5 Å². The van der Waals surface area contributed by atoms with Gasteiger partial charge in [0.1, 0.15) is 17.3 Å². The van der Waals surface area contributed by atoms with Crippen LogP contribution in [0, 0.1) is 11.3 Å². The second-order valence-electron chi connectivity index (χ2n) is 6.75. The lowest BCUT2D eigenvalue weighted by atomic mass is 10.1. The van der Waals surface area contributed by atoms with Crippen LogP contribution in [-0.2, 0) is 0 Å². The van der Waals surface area contributed by atoms with Crippen LogP contribution >= 0.6 is 0 Å². The first-order chi connectivity index (χ1) is 14.8. The Labute approximate surface area is 173 Å². The molecule has 5 rings (SSSR count). The highest BCUT2D eigenvalue weighted by molar-refractivity contribution is 5.92. The van der Waals surface area contributed by atoms with Gasteiger partial charge in [0, 0.05) is 23.3 Å². The summed E-state index contributed by atoms with van der Waals surface area (Å²) in [5, 5.41) is 15.5. The van der Waals surface area contributed by atoms with Gasteiger partial charge in [-0.15, -0.1) is 0 Å². The van der Waals surface area contributed by atoms with Crippen LogP contribution < -0.4 is 0 Å². The Bertz CT molecular complexity index is 1360. The first-order valence-corrected chi connectivity index (χ1v) is 9.49. The Kier molecular flexibility index (Phi) is 4.43. The normalized spacial score (nSPS) is 11.5. The van der Waals surface area contributed by atoms with Gasteiger partial charge < -0.3 is 4.42 Å². The summed E-state index contributed by atoms with van der Waals surface area (Å²) in [5.74, 6) is 0.649. The minimum Gasteiger partial charge on any atom is -0.454 e. The quantitative estimate of drug-likeness (QED) is 0.368. The molecule has 3 aromatic heterocycles. The van der Waals surface area contributed by atoms with E-state index in [1.165, 1.54) is 0 Å². The Morgan fingerprint density at radius 3 is 2.53 bits per heavy atom. The third kappa shape index (κ3) is 3.27. The number of allylic oxidation sites excluding steroid dienone is 1. The molecule has 0 aliphatic carbocycles. The zero-order chi connectivity index (χ0) is 20.3. The maximum Gasteiger partial charge on any atom is 0.156 e. The lowest BCUT2D eigenvalue weighted by Gasteiger charge is -1.98. The van der Waals surface area contributed by atoms with Crippen LogP contribution in [0.1, 0.15) is 11.3 Å². The number of hydrogen-bond donors (Lipinski definition) is 0. The average Bonchev–Trinajstić information content (AvgIpc) is 3.42. The number of nitriles is 1. The minimum absolute atomic E-state index is 0.459. The number of benzene rings is 2. The number of hydrogen-bond acceptors (Lipinski definition) is 4. The molecule has 0 aliphatic rings. The van der Waals surface area contributed by atoms with Gasteiger partial charge in [-0.25, -0.2) is 4.68 Å². The smallest absolute Gasteiger partial charge is 0.156 e. The highest BCUT2D eigenvalue weighted by atomic mass is 16.3. The van der Waals surface area contributed by atoms with Crippen LogP contribution in [0.15, 0.2) is 95.7 Å². The zero-order valence-electron chi connectivity index (χ0n) is 15.9. The van der Waals surface area contributed by atoms with Crippen molar-refractivity contribution in [2.45, 2.75) is 0 Å². The molecule has 0 radical (unpaired) electrons. The summed E-state index contributed by atoms with van der Waals surface area (Å²) in [6.07, 6.45) is 5.38. The second kappa shape index (κ2) is 7.53. The van der Waals surface area contributed by atoms with E-state index in [1.807, 2.05) is 85.1 Å². The highest BCUT2D eigenvalue weighted by Crippen LogP contribution is 2.31. The molecule has 0 amide bonds. The highest BCUT2D eigenvalue weighted by Gasteiger charge is 2.16. The second-order valence-corrected chi connectivity index (χ2v) is 6.75. The molecule has 5 nitrogen and oxygen atoms in total. The van der Waals surface area contributed by atoms with Gasteiger partial charge in [-0.3, -0.25) is 4.98 Å². The molecule has 0 N–H and O–H groups in total. The van der Waals surface area contributed by atoms with Crippen LogP contribution in [0.4, 0.5) is 0 Å². The van der Waals surface area contributed by atoms with Crippen LogP contribution in [0.3, 0.4) is 0 Å². The molecule has 5 aromatic rings. The number of rotatable bonds is 4. The van der Waals surface area contributed by atoms with Crippen LogP contribution in [0.2, 0.25) is 0 Å². The standard InChI is InChI=1S/C25H16N4O/c26-16-19(22-11-6-7-13-27-22)14-20-17-29(21-9-2-1-3-10-21)28-25(20)24-15-18-8-4-5-12-23(18)30-24/h1-15,17H/b19-14+. The van der Waals surface area contributed by atoms with Crippen molar-refractivity contribution >= 4 is 22.6 Å². The first-order valence-electron chi connectivity index (χ1n) is 9.49. The molecule has 142 valence electrons. The Hall–Kier alpha value is -4.43. The molecule has 0 saturated carbocycles. The van der Waals surface area contributed by atoms with E-state index in [1.54, 1.807) is 17.0 Å². The van der Waals surface area contributed by atoms with E-state index >= 15 is 0 Å². The Morgan fingerprint density at radius 2 is 1.77 bits per heavy atom. The lowest BCUT2D eigenvalue weighted by Crippen LogP contribution is -1.93. The number of fused-ring (bicyclic) bond motifs is 1.